The average Bonchev–Trinajstić information content (AvgIpc) is 2.63. The van der Waals surface area contributed by atoms with Gasteiger partial charge in [0.2, 0.25) is 5.91 Å². The second-order valence-electron chi connectivity index (χ2n) is 6.59. The van der Waals surface area contributed by atoms with Crippen molar-refractivity contribution < 1.29 is 9.72 Å². The quantitative estimate of drug-likeness (QED) is 0.604. The molecule has 8 heteroatoms. The van der Waals surface area contributed by atoms with E-state index in [1.165, 1.54) is 12.5 Å². The molecule has 1 aromatic rings. The fourth-order valence-electron chi connectivity index (χ4n) is 3.49. The summed E-state index contributed by atoms with van der Waals surface area (Å²) in [6.45, 7) is 4.95. The lowest BCUT2D eigenvalue weighted by molar-refractivity contribution is -0.384. The molecular formula is C17H23ClN4O3. The highest BCUT2D eigenvalue weighted by atomic mass is 35.5. The van der Waals surface area contributed by atoms with E-state index in [1.54, 1.807) is 12.1 Å². The first kappa shape index (κ1) is 17.9. The van der Waals surface area contributed by atoms with Gasteiger partial charge in [-0.2, -0.15) is 0 Å². The highest BCUT2D eigenvalue weighted by Gasteiger charge is 2.26. The molecule has 0 spiro atoms. The second-order valence-corrected chi connectivity index (χ2v) is 7.03. The third-order valence-corrected chi connectivity index (χ3v) is 5.15. The van der Waals surface area contributed by atoms with E-state index in [-0.39, 0.29) is 11.6 Å². The van der Waals surface area contributed by atoms with Gasteiger partial charge in [0.1, 0.15) is 5.69 Å². The summed E-state index contributed by atoms with van der Waals surface area (Å²) >= 11 is 5.88. The van der Waals surface area contributed by atoms with Gasteiger partial charge in [-0.25, -0.2) is 0 Å². The number of rotatable bonds is 4. The van der Waals surface area contributed by atoms with Gasteiger partial charge >= 0.3 is 0 Å². The van der Waals surface area contributed by atoms with Crippen LogP contribution in [0.2, 0.25) is 5.02 Å². The van der Waals surface area contributed by atoms with Crippen LogP contribution in [0.5, 0.6) is 0 Å². The van der Waals surface area contributed by atoms with Crippen LogP contribution < -0.4 is 4.90 Å². The number of amides is 1. The summed E-state index contributed by atoms with van der Waals surface area (Å²) in [5.41, 5.74) is 0.627. The topological polar surface area (TPSA) is 69.9 Å². The van der Waals surface area contributed by atoms with Crippen molar-refractivity contribution in [2.75, 3.05) is 50.7 Å². The average molecular weight is 367 g/mol. The van der Waals surface area contributed by atoms with E-state index in [1.807, 2.05) is 9.80 Å². The number of likely N-dealkylation sites (tertiary alicyclic amines) is 1. The maximum Gasteiger partial charge on any atom is 0.294 e. The number of nitrogens with zero attached hydrogens (tertiary/aromatic N) is 4. The zero-order valence-corrected chi connectivity index (χ0v) is 15.0. The predicted octanol–water partition coefficient (Wildman–Crippen LogP) is 2.38. The van der Waals surface area contributed by atoms with Gasteiger partial charge in [-0.05, 0) is 31.4 Å². The molecular weight excluding hydrogens is 344 g/mol. The summed E-state index contributed by atoms with van der Waals surface area (Å²) in [5.74, 6) is 0.200. The number of piperazine rings is 1. The molecule has 7 nitrogen and oxygen atoms in total. The fourth-order valence-corrected chi connectivity index (χ4v) is 3.66. The highest BCUT2D eigenvalue weighted by Crippen LogP contribution is 2.31. The zero-order chi connectivity index (χ0) is 17.8. The molecule has 0 N–H and O–H groups in total. The maximum absolute atomic E-state index is 12.4. The SMILES string of the molecule is O=C(CN1CCN(c2ccc(Cl)cc2[N+](=O)[O-])CC1)N1CCCCC1. The van der Waals surface area contributed by atoms with Gasteiger partial charge in [0.05, 0.1) is 11.5 Å². The summed E-state index contributed by atoms with van der Waals surface area (Å²) in [4.78, 5) is 29.3. The van der Waals surface area contributed by atoms with E-state index >= 15 is 0 Å². The third-order valence-electron chi connectivity index (χ3n) is 4.91. The van der Waals surface area contributed by atoms with Crippen LogP contribution in [-0.2, 0) is 4.79 Å². The fraction of sp³-hybridized carbons (Fsp3) is 0.588. The minimum Gasteiger partial charge on any atom is -0.363 e. The van der Waals surface area contributed by atoms with Crippen molar-refractivity contribution in [3.63, 3.8) is 0 Å². The summed E-state index contributed by atoms with van der Waals surface area (Å²) < 4.78 is 0. The van der Waals surface area contributed by atoms with Crippen molar-refractivity contribution in [3.8, 4) is 0 Å². The largest absolute Gasteiger partial charge is 0.363 e. The number of carbonyl (C=O) groups excluding carboxylic acids is 1. The Kier molecular flexibility index (Phi) is 5.75. The number of hydrogen-bond acceptors (Lipinski definition) is 5. The van der Waals surface area contributed by atoms with Crippen molar-refractivity contribution >= 4 is 28.9 Å². The van der Waals surface area contributed by atoms with Crippen LogP contribution in [0, 0.1) is 10.1 Å². The summed E-state index contributed by atoms with van der Waals surface area (Å²) in [5, 5.41) is 11.6. The van der Waals surface area contributed by atoms with Gasteiger partial charge in [-0.1, -0.05) is 11.6 Å². The number of hydrogen-bond donors (Lipinski definition) is 0. The molecule has 2 fully saturated rings. The molecule has 1 amide bonds. The Morgan fingerprint density at radius 2 is 1.76 bits per heavy atom. The van der Waals surface area contributed by atoms with E-state index in [4.69, 9.17) is 11.6 Å². The summed E-state index contributed by atoms with van der Waals surface area (Å²) in [6.07, 6.45) is 3.40. The number of anilines is 1. The molecule has 2 saturated heterocycles. The highest BCUT2D eigenvalue weighted by molar-refractivity contribution is 6.30. The number of nitro benzene ring substituents is 1. The lowest BCUT2D eigenvalue weighted by Gasteiger charge is -2.36. The lowest BCUT2D eigenvalue weighted by Crippen LogP contribution is -2.50. The van der Waals surface area contributed by atoms with E-state index in [0.717, 1.165) is 39.0 Å². The first-order valence-electron chi connectivity index (χ1n) is 8.73. The Morgan fingerprint density at radius 3 is 2.40 bits per heavy atom. The van der Waals surface area contributed by atoms with Crippen molar-refractivity contribution in [3.05, 3.63) is 33.3 Å². The molecule has 2 aliphatic rings. The number of nitro groups is 1. The molecule has 0 radical (unpaired) electrons. The monoisotopic (exact) mass is 366 g/mol. The zero-order valence-electron chi connectivity index (χ0n) is 14.2. The molecule has 0 aromatic heterocycles. The van der Waals surface area contributed by atoms with Gasteiger partial charge < -0.3 is 9.80 Å². The van der Waals surface area contributed by atoms with Gasteiger partial charge in [-0.15, -0.1) is 0 Å². The number of benzene rings is 1. The van der Waals surface area contributed by atoms with E-state index in [2.05, 4.69) is 4.90 Å². The van der Waals surface area contributed by atoms with Gasteiger partial charge in [0.15, 0.2) is 0 Å². The molecule has 2 aliphatic heterocycles. The van der Waals surface area contributed by atoms with E-state index in [0.29, 0.717) is 30.3 Å². The molecule has 1 aromatic carbocycles. The maximum atomic E-state index is 12.4. The predicted molar refractivity (Wildman–Crippen MR) is 97.2 cm³/mol. The molecule has 0 atom stereocenters. The molecule has 25 heavy (non-hydrogen) atoms. The molecule has 3 rings (SSSR count). The van der Waals surface area contributed by atoms with Crippen molar-refractivity contribution in [1.29, 1.82) is 0 Å². The molecule has 0 unspecified atom stereocenters. The summed E-state index contributed by atoms with van der Waals surface area (Å²) in [7, 11) is 0. The Morgan fingerprint density at radius 1 is 1.08 bits per heavy atom. The smallest absolute Gasteiger partial charge is 0.294 e. The van der Waals surface area contributed by atoms with E-state index in [9.17, 15) is 14.9 Å². The Hall–Kier alpha value is -1.86. The molecule has 0 bridgehead atoms. The van der Waals surface area contributed by atoms with Crippen molar-refractivity contribution in [2.45, 2.75) is 19.3 Å². The van der Waals surface area contributed by atoms with Crippen molar-refractivity contribution in [2.24, 2.45) is 0 Å². The molecule has 0 aliphatic carbocycles. The number of halogens is 1. The number of piperidine rings is 1. The first-order chi connectivity index (χ1) is 12.0. The standard InChI is InChI=1S/C17H23ClN4O3/c18-14-4-5-15(16(12-14)22(24)25)20-10-8-19(9-11-20)13-17(23)21-6-2-1-3-7-21/h4-5,12H,1-3,6-11,13H2. The Bertz CT molecular complexity index is 641. The van der Waals surface area contributed by atoms with E-state index < -0.39 is 4.92 Å². The second kappa shape index (κ2) is 8.01. The van der Waals surface area contributed by atoms with Crippen LogP contribution in [0.4, 0.5) is 11.4 Å². The lowest BCUT2D eigenvalue weighted by atomic mass is 10.1. The van der Waals surface area contributed by atoms with Crippen LogP contribution in [0.3, 0.4) is 0 Å². The number of carbonyl (C=O) groups is 1. The van der Waals surface area contributed by atoms with Gasteiger partial charge in [-0.3, -0.25) is 19.8 Å². The van der Waals surface area contributed by atoms with Crippen LogP contribution >= 0.6 is 11.6 Å². The Labute approximate surface area is 152 Å². The first-order valence-corrected chi connectivity index (χ1v) is 9.11. The third kappa shape index (κ3) is 4.41. The normalized spacial score (nSPS) is 19.1. The summed E-state index contributed by atoms with van der Waals surface area (Å²) in [6, 6.07) is 4.77. The van der Waals surface area contributed by atoms with Crippen LogP contribution in [0.1, 0.15) is 19.3 Å². The molecule has 0 saturated carbocycles. The van der Waals surface area contributed by atoms with Crippen molar-refractivity contribution in [1.82, 2.24) is 9.80 Å². The Balaban J connectivity index is 1.57. The van der Waals surface area contributed by atoms with Gasteiger partial charge in [0, 0.05) is 50.4 Å². The molecule has 136 valence electrons. The van der Waals surface area contributed by atoms with Crippen LogP contribution in [0.25, 0.3) is 0 Å². The van der Waals surface area contributed by atoms with Crippen LogP contribution in [-0.4, -0.2) is 66.4 Å². The minimum absolute atomic E-state index is 0.0327. The van der Waals surface area contributed by atoms with Gasteiger partial charge in [0.25, 0.3) is 5.69 Å². The molecule has 2 heterocycles. The minimum atomic E-state index is -0.395. The van der Waals surface area contributed by atoms with Crippen LogP contribution in [0.15, 0.2) is 18.2 Å².